The summed E-state index contributed by atoms with van der Waals surface area (Å²) >= 11 is 1.23. The Bertz CT molecular complexity index is 1160. The van der Waals surface area contributed by atoms with Crippen molar-refractivity contribution in [3.8, 4) is 5.75 Å². The Hall–Kier alpha value is -2.68. The number of rotatable bonds is 7. The molecule has 0 radical (unpaired) electrons. The summed E-state index contributed by atoms with van der Waals surface area (Å²) < 4.78 is 32.7. The average Bonchev–Trinajstić information content (AvgIpc) is 3.33. The molecule has 0 aliphatic carbocycles. The number of carbonyl (C=O) groups is 1. The molecule has 0 saturated carbocycles. The van der Waals surface area contributed by atoms with E-state index in [2.05, 4.69) is 5.32 Å². The number of carbonyl (C=O) groups excluding carboxylic acids is 1. The molecule has 0 unspecified atom stereocenters. The fourth-order valence-electron chi connectivity index (χ4n) is 3.63. The zero-order chi connectivity index (χ0) is 21.8. The molecule has 1 aliphatic heterocycles. The molecule has 4 rings (SSSR count). The van der Waals surface area contributed by atoms with E-state index in [-0.39, 0.29) is 5.91 Å². The van der Waals surface area contributed by atoms with Gasteiger partial charge >= 0.3 is 0 Å². The van der Waals surface area contributed by atoms with Crippen LogP contribution in [0.5, 0.6) is 5.75 Å². The first-order valence-corrected chi connectivity index (χ1v) is 12.4. The minimum atomic E-state index is -3.49. The Kier molecular flexibility index (Phi) is 6.41. The lowest BCUT2D eigenvalue weighted by Gasteiger charge is -2.28. The standard InChI is InChI=1S/C23H24N2O4S2/c1-29-21-9-4-17(5-10-21)6-11-22(26)24-20-8-7-18-12-13-25(16-19(18)15-20)31(27,28)23-3-2-14-30-23/h2-5,7-10,14-15H,6,11-13,16H2,1H3,(H,24,26). The van der Waals surface area contributed by atoms with Crippen molar-refractivity contribution >= 4 is 33.0 Å². The van der Waals surface area contributed by atoms with Crippen LogP contribution < -0.4 is 10.1 Å². The molecular weight excluding hydrogens is 432 g/mol. The molecule has 2 heterocycles. The number of hydrogen-bond acceptors (Lipinski definition) is 5. The molecule has 2 aromatic carbocycles. The molecule has 0 atom stereocenters. The fraction of sp³-hybridized carbons (Fsp3) is 0.261. The van der Waals surface area contributed by atoms with Crippen LogP contribution >= 0.6 is 11.3 Å². The van der Waals surface area contributed by atoms with E-state index in [1.807, 2.05) is 42.5 Å². The zero-order valence-corrected chi connectivity index (χ0v) is 18.8. The van der Waals surface area contributed by atoms with Crippen LogP contribution in [0.1, 0.15) is 23.1 Å². The Morgan fingerprint density at radius 2 is 1.94 bits per heavy atom. The number of hydrogen-bond donors (Lipinski definition) is 1. The summed E-state index contributed by atoms with van der Waals surface area (Å²) in [6.45, 7) is 0.770. The van der Waals surface area contributed by atoms with E-state index in [4.69, 9.17) is 4.74 Å². The number of anilines is 1. The van der Waals surface area contributed by atoms with Crippen molar-refractivity contribution in [1.29, 1.82) is 0 Å². The summed E-state index contributed by atoms with van der Waals surface area (Å²) in [7, 11) is -1.86. The maximum Gasteiger partial charge on any atom is 0.252 e. The number of methoxy groups -OCH3 is 1. The van der Waals surface area contributed by atoms with Gasteiger partial charge in [-0.1, -0.05) is 24.3 Å². The Morgan fingerprint density at radius 3 is 2.65 bits per heavy atom. The highest BCUT2D eigenvalue weighted by atomic mass is 32.2. The van der Waals surface area contributed by atoms with E-state index in [0.717, 1.165) is 22.4 Å². The highest BCUT2D eigenvalue weighted by Gasteiger charge is 2.29. The number of fused-ring (bicyclic) bond motifs is 1. The molecule has 0 saturated heterocycles. The second kappa shape index (κ2) is 9.21. The summed E-state index contributed by atoms with van der Waals surface area (Å²) in [5.74, 6) is 0.715. The number of thiophene rings is 1. The zero-order valence-electron chi connectivity index (χ0n) is 17.2. The van der Waals surface area contributed by atoms with Gasteiger partial charge in [0.25, 0.3) is 10.0 Å². The van der Waals surface area contributed by atoms with Crippen LogP contribution in [0.3, 0.4) is 0 Å². The fourth-order valence-corrected chi connectivity index (χ4v) is 6.19. The van der Waals surface area contributed by atoms with Gasteiger partial charge in [-0.3, -0.25) is 4.79 Å². The lowest BCUT2D eigenvalue weighted by Crippen LogP contribution is -2.35. The number of nitrogens with one attached hydrogen (secondary N) is 1. The van der Waals surface area contributed by atoms with Crippen molar-refractivity contribution in [3.63, 3.8) is 0 Å². The summed E-state index contributed by atoms with van der Waals surface area (Å²) in [5.41, 5.74) is 3.80. The predicted molar refractivity (Wildman–Crippen MR) is 122 cm³/mol. The van der Waals surface area contributed by atoms with Gasteiger partial charge in [-0.15, -0.1) is 11.3 Å². The molecule has 0 spiro atoms. The third kappa shape index (κ3) is 4.98. The third-order valence-electron chi connectivity index (χ3n) is 5.36. The second-order valence-corrected chi connectivity index (χ2v) is 10.5. The van der Waals surface area contributed by atoms with Crippen molar-refractivity contribution in [1.82, 2.24) is 4.31 Å². The van der Waals surface area contributed by atoms with E-state index in [1.54, 1.807) is 24.6 Å². The summed E-state index contributed by atoms with van der Waals surface area (Å²) in [4.78, 5) is 12.4. The van der Waals surface area contributed by atoms with Crippen molar-refractivity contribution in [3.05, 3.63) is 76.7 Å². The van der Waals surface area contributed by atoms with Gasteiger partial charge in [-0.05, 0) is 65.2 Å². The molecule has 162 valence electrons. The van der Waals surface area contributed by atoms with Crippen molar-refractivity contribution in [2.75, 3.05) is 19.0 Å². The first kappa shape index (κ1) is 21.5. The van der Waals surface area contributed by atoms with Crippen molar-refractivity contribution in [2.45, 2.75) is 30.0 Å². The molecule has 1 amide bonds. The molecule has 8 heteroatoms. The van der Waals surface area contributed by atoms with Crippen LogP contribution in [0, 0.1) is 0 Å². The SMILES string of the molecule is COc1ccc(CCC(=O)Nc2ccc3c(c2)CN(S(=O)(=O)c2cccs2)CC3)cc1. The van der Waals surface area contributed by atoms with Gasteiger partial charge in [0, 0.05) is 25.2 Å². The van der Waals surface area contributed by atoms with Crippen LogP contribution in [-0.4, -0.2) is 32.3 Å². The first-order valence-electron chi connectivity index (χ1n) is 10.0. The van der Waals surface area contributed by atoms with E-state index in [0.29, 0.717) is 42.2 Å². The number of nitrogens with zero attached hydrogens (tertiary/aromatic N) is 1. The number of sulfonamides is 1. The molecule has 1 N–H and O–H groups in total. The maximum absolute atomic E-state index is 12.8. The van der Waals surface area contributed by atoms with Crippen molar-refractivity contribution in [2.24, 2.45) is 0 Å². The second-order valence-electron chi connectivity index (χ2n) is 7.40. The molecule has 3 aromatic rings. The van der Waals surface area contributed by atoms with Crippen LogP contribution in [0.2, 0.25) is 0 Å². The summed E-state index contributed by atoms with van der Waals surface area (Å²) in [6.07, 6.45) is 1.65. The number of amides is 1. The largest absolute Gasteiger partial charge is 0.497 e. The highest BCUT2D eigenvalue weighted by Crippen LogP contribution is 2.28. The molecule has 1 aliphatic rings. The molecule has 0 fully saturated rings. The third-order valence-corrected chi connectivity index (χ3v) is 8.57. The minimum Gasteiger partial charge on any atom is -0.497 e. The Morgan fingerprint density at radius 1 is 1.13 bits per heavy atom. The lowest BCUT2D eigenvalue weighted by atomic mass is 10.0. The molecule has 1 aromatic heterocycles. The van der Waals surface area contributed by atoms with Crippen LogP contribution in [0.25, 0.3) is 0 Å². The lowest BCUT2D eigenvalue weighted by molar-refractivity contribution is -0.116. The van der Waals surface area contributed by atoms with Gasteiger partial charge < -0.3 is 10.1 Å². The van der Waals surface area contributed by atoms with Crippen LogP contribution in [0.4, 0.5) is 5.69 Å². The first-order chi connectivity index (χ1) is 15.0. The molecule has 0 bridgehead atoms. The minimum absolute atomic E-state index is 0.0744. The van der Waals surface area contributed by atoms with Gasteiger partial charge in [0.15, 0.2) is 0 Å². The quantitative estimate of drug-likeness (QED) is 0.581. The summed E-state index contributed by atoms with van der Waals surface area (Å²) in [6, 6.07) is 16.8. The number of ether oxygens (including phenoxy) is 1. The topological polar surface area (TPSA) is 75.7 Å². The number of aryl methyl sites for hydroxylation is 1. The van der Waals surface area contributed by atoms with Crippen LogP contribution in [0.15, 0.2) is 64.2 Å². The van der Waals surface area contributed by atoms with E-state index >= 15 is 0 Å². The molecule has 6 nitrogen and oxygen atoms in total. The monoisotopic (exact) mass is 456 g/mol. The smallest absolute Gasteiger partial charge is 0.252 e. The van der Waals surface area contributed by atoms with Gasteiger partial charge in [-0.2, -0.15) is 4.31 Å². The Labute approximate surface area is 186 Å². The van der Waals surface area contributed by atoms with Crippen molar-refractivity contribution < 1.29 is 17.9 Å². The van der Waals surface area contributed by atoms with E-state index in [9.17, 15) is 13.2 Å². The average molecular weight is 457 g/mol. The van der Waals surface area contributed by atoms with Gasteiger partial charge in [0.05, 0.1) is 7.11 Å². The van der Waals surface area contributed by atoms with Gasteiger partial charge in [-0.25, -0.2) is 8.42 Å². The van der Waals surface area contributed by atoms with E-state index in [1.165, 1.54) is 15.6 Å². The van der Waals surface area contributed by atoms with E-state index < -0.39 is 10.0 Å². The summed E-state index contributed by atoms with van der Waals surface area (Å²) in [5, 5.41) is 4.70. The predicted octanol–water partition coefficient (Wildman–Crippen LogP) is 4.08. The normalized spacial score (nSPS) is 14.1. The molecular formula is C23H24N2O4S2. The maximum atomic E-state index is 12.8. The highest BCUT2D eigenvalue weighted by molar-refractivity contribution is 7.91. The van der Waals surface area contributed by atoms with Gasteiger partial charge in [0.2, 0.25) is 5.91 Å². The molecule has 31 heavy (non-hydrogen) atoms. The number of benzene rings is 2. The van der Waals surface area contributed by atoms with Crippen LogP contribution in [-0.2, 0) is 34.2 Å². The van der Waals surface area contributed by atoms with Gasteiger partial charge in [0.1, 0.15) is 9.96 Å². The Balaban J connectivity index is 1.39.